The number of allylic oxidation sites excluding steroid dienone is 1. The van der Waals surface area contributed by atoms with E-state index in [0.717, 1.165) is 0 Å². The summed E-state index contributed by atoms with van der Waals surface area (Å²) in [6, 6.07) is 17.5. The number of aliphatic imine (C=N–C) groups is 1. The molecule has 10 nitrogen and oxygen atoms in total. The number of carbonyl (C=O) groups is 3. The smallest absolute Gasteiger partial charge is 0.272 e. The van der Waals surface area contributed by atoms with Crippen molar-refractivity contribution in [3.63, 3.8) is 0 Å². The molecular formula is C29H25N3O7. The van der Waals surface area contributed by atoms with Gasteiger partial charge in [0.2, 0.25) is 0 Å². The molecule has 3 aromatic carbocycles. The molecule has 39 heavy (non-hydrogen) atoms. The Morgan fingerprint density at radius 2 is 1.44 bits per heavy atom. The molecule has 198 valence electrons. The molecule has 3 N–H and O–H groups in total. The molecular weight excluding hydrogens is 502 g/mol. The van der Waals surface area contributed by atoms with E-state index in [-0.39, 0.29) is 64.4 Å². The van der Waals surface area contributed by atoms with E-state index in [1.54, 1.807) is 24.3 Å². The average Bonchev–Trinajstić information content (AvgIpc) is 3.45. The number of phenols is 2. The van der Waals surface area contributed by atoms with Crippen molar-refractivity contribution in [2.24, 2.45) is 4.99 Å². The molecule has 10 heteroatoms. The number of phenolic OH excluding ortho intramolecular Hbond substituents is 2. The molecule has 1 saturated heterocycles. The molecule has 5 rings (SSSR count). The highest BCUT2D eigenvalue weighted by atomic mass is 16.5. The highest BCUT2D eigenvalue weighted by Crippen LogP contribution is 2.35. The van der Waals surface area contributed by atoms with Gasteiger partial charge in [0.15, 0.2) is 34.6 Å². The lowest BCUT2D eigenvalue weighted by Gasteiger charge is -2.17. The lowest BCUT2D eigenvalue weighted by molar-refractivity contribution is -0.114. The van der Waals surface area contributed by atoms with Crippen molar-refractivity contribution in [1.82, 2.24) is 5.43 Å². The molecule has 0 aliphatic carbocycles. The van der Waals surface area contributed by atoms with Gasteiger partial charge in [-0.15, -0.1) is 0 Å². The zero-order valence-corrected chi connectivity index (χ0v) is 21.2. The highest BCUT2D eigenvalue weighted by molar-refractivity contribution is 6.24. The maximum Gasteiger partial charge on any atom is 0.272 e. The van der Waals surface area contributed by atoms with Crippen molar-refractivity contribution >= 4 is 28.9 Å². The number of para-hydroxylation sites is 1. The van der Waals surface area contributed by atoms with E-state index in [1.807, 2.05) is 6.07 Å². The van der Waals surface area contributed by atoms with E-state index >= 15 is 0 Å². The third-order valence-corrected chi connectivity index (χ3v) is 6.60. The van der Waals surface area contributed by atoms with Crippen LogP contribution < -0.4 is 19.9 Å². The number of Topliss-reactive ketones (excluding diaryl/α,β-unsaturated/α-hetero) is 2. The van der Waals surface area contributed by atoms with Crippen LogP contribution >= 0.6 is 0 Å². The van der Waals surface area contributed by atoms with Gasteiger partial charge < -0.3 is 19.7 Å². The van der Waals surface area contributed by atoms with Gasteiger partial charge in [0.05, 0.1) is 31.9 Å². The van der Waals surface area contributed by atoms with Crippen molar-refractivity contribution < 1.29 is 34.1 Å². The fourth-order valence-electron chi connectivity index (χ4n) is 4.60. The topological polar surface area (TPSA) is 138 Å². The average molecular weight is 528 g/mol. The van der Waals surface area contributed by atoms with Gasteiger partial charge in [0, 0.05) is 23.3 Å². The zero-order valence-electron chi connectivity index (χ0n) is 21.2. The Bertz CT molecular complexity index is 1550. The summed E-state index contributed by atoms with van der Waals surface area (Å²) in [5, 5.41) is 21.2. The number of nitrogens with one attached hydrogen (secondary N) is 1. The molecule has 0 aromatic heterocycles. The van der Waals surface area contributed by atoms with Crippen LogP contribution in [0.2, 0.25) is 0 Å². The molecule has 2 aliphatic heterocycles. The maximum absolute atomic E-state index is 13.5. The van der Waals surface area contributed by atoms with Crippen LogP contribution in [0.5, 0.6) is 23.0 Å². The Kier molecular flexibility index (Phi) is 6.86. The Morgan fingerprint density at radius 1 is 0.872 bits per heavy atom. The molecule has 0 bridgehead atoms. The minimum atomic E-state index is -0.757. The Labute approximate surface area is 223 Å². The summed E-state index contributed by atoms with van der Waals surface area (Å²) in [6.45, 7) is 0. The lowest BCUT2D eigenvalue weighted by atomic mass is 9.92. The first-order chi connectivity index (χ1) is 18.8. The number of ketones is 2. The normalized spacial score (nSPS) is 16.3. The van der Waals surface area contributed by atoms with E-state index < -0.39 is 6.17 Å². The van der Waals surface area contributed by atoms with Gasteiger partial charge in [0.25, 0.3) is 5.91 Å². The van der Waals surface area contributed by atoms with Crippen LogP contribution in [-0.4, -0.2) is 53.8 Å². The van der Waals surface area contributed by atoms with Crippen molar-refractivity contribution in [1.29, 1.82) is 0 Å². The van der Waals surface area contributed by atoms with E-state index in [1.165, 1.54) is 55.6 Å². The van der Waals surface area contributed by atoms with Crippen LogP contribution in [0.1, 0.15) is 33.6 Å². The summed E-state index contributed by atoms with van der Waals surface area (Å²) in [6.07, 6.45) is -1.12. The standard InChI is InChI=1S/C29H25N3O7/c1-38-25-12-16(8-10-21(25)33)23(35)14-19-20(15-24(36)17-9-11-22(34)26(13-17)39-2)30-28-27(19)29(37)32(31-28)18-6-4-3-5-7-18/h3-13,28,31,33-34H,14-15H2,1-2H3/t28-/m0/s1. The van der Waals surface area contributed by atoms with Gasteiger partial charge in [-0.3, -0.25) is 19.4 Å². The Hall–Kier alpha value is -4.96. The number of ether oxygens (including phenoxy) is 2. The number of benzene rings is 3. The number of anilines is 1. The van der Waals surface area contributed by atoms with Crippen LogP contribution in [0.3, 0.4) is 0 Å². The van der Waals surface area contributed by atoms with Crippen molar-refractivity contribution in [3.8, 4) is 23.0 Å². The molecule has 3 aromatic rings. The number of methoxy groups -OCH3 is 2. The van der Waals surface area contributed by atoms with Gasteiger partial charge in [-0.05, 0) is 54.1 Å². The molecule has 2 heterocycles. The van der Waals surface area contributed by atoms with Gasteiger partial charge >= 0.3 is 0 Å². The van der Waals surface area contributed by atoms with Gasteiger partial charge in [-0.1, -0.05) is 18.2 Å². The summed E-state index contributed by atoms with van der Waals surface area (Å²) < 4.78 is 10.2. The largest absolute Gasteiger partial charge is 0.504 e. The summed E-state index contributed by atoms with van der Waals surface area (Å²) >= 11 is 0. The Balaban J connectivity index is 1.48. The number of hydrazine groups is 1. The minimum absolute atomic E-state index is 0.102. The number of rotatable bonds is 9. The van der Waals surface area contributed by atoms with E-state index in [9.17, 15) is 24.6 Å². The van der Waals surface area contributed by atoms with Crippen LogP contribution in [0.15, 0.2) is 82.9 Å². The number of aromatic hydroxyl groups is 2. The van der Waals surface area contributed by atoms with E-state index in [4.69, 9.17) is 9.47 Å². The van der Waals surface area contributed by atoms with Crippen molar-refractivity contribution in [3.05, 3.63) is 89.0 Å². The fourth-order valence-corrected chi connectivity index (χ4v) is 4.60. The molecule has 0 saturated carbocycles. The monoisotopic (exact) mass is 527 g/mol. The number of hydrogen-bond donors (Lipinski definition) is 3. The third kappa shape index (κ3) is 4.85. The number of carbonyl (C=O) groups excluding carboxylic acids is 3. The SMILES string of the molecule is COc1cc(C(=O)CC2=N[C@H]3NN(c4ccccc4)C(=O)C3=C2CC(=O)c2ccc(O)c(OC)c2)ccc1O. The third-order valence-electron chi connectivity index (χ3n) is 6.60. The number of hydrogen-bond acceptors (Lipinski definition) is 9. The molecule has 0 spiro atoms. The minimum Gasteiger partial charge on any atom is -0.504 e. The van der Waals surface area contributed by atoms with Crippen molar-refractivity contribution in [2.45, 2.75) is 19.0 Å². The van der Waals surface area contributed by atoms with Crippen molar-refractivity contribution in [2.75, 3.05) is 19.2 Å². The van der Waals surface area contributed by atoms with Crippen LogP contribution in [0.25, 0.3) is 0 Å². The molecule has 2 aliphatic rings. The van der Waals surface area contributed by atoms with E-state index in [2.05, 4.69) is 10.4 Å². The second kappa shape index (κ2) is 10.4. The number of nitrogens with zero attached hydrogens (tertiary/aromatic N) is 2. The second-order valence-electron chi connectivity index (χ2n) is 8.95. The number of fused-ring (bicyclic) bond motifs is 1. The van der Waals surface area contributed by atoms with Gasteiger partial charge in [-0.2, -0.15) is 5.43 Å². The Morgan fingerprint density at radius 3 is 2.00 bits per heavy atom. The van der Waals surface area contributed by atoms with Crippen LogP contribution in [-0.2, 0) is 4.79 Å². The molecule has 0 radical (unpaired) electrons. The highest BCUT2D eigenvalue weighted by Gasteiger charge is 2.43. The predicted molar refractivity (Wildman–Crippen MR) is 143 cm³/mol. The number of amides is 1. The molecule has 1 fully saturated rings. The van der Waals surface area contributed by atoms with Gasteiger partial charge in [0.1, 0.15) is 6.17 Å². The molecule has 1 amide bonds. The molecule has 1 atom stereocenters. The van der Waals surface area contributed by atoms with Crippen LogP contribution in [0, 0.1) is 0 Å². The summed E-state index contributed by atoms with van der Waals surface area (Å²) in [4.78, 5) is 44.7. The first-order valence-electron chi connectivity index (χ1n) is 12.1. The maximum atomic E-state index is 13.5. The van der Waals surface area contributed by atoms with Crippen LogP contribution in [0.4, 0.5) is 5.69 Å². The first kappa shape index (κ1) is 25.7. The van der Waals surface area contributed by atoms with E-state index in [0.29, 0.717) is 22.5 Å². The first-order valence-corrected chi connectivity index (χ1v) is 12.1. The predicted octanol–water partition coefficient (Wildman–Crippen LogP) is 3.59. The van der Waals surface area contributed by atoms with Gasteiger partial charge in [-0.25, -0.2) is 5.01 Å². The summed E-state index contributed by atoms with van der Waals surface area (Å²) in [5.41, 5.74) is 5.22. The molecule has 0 unspecified atom stereocenters. The quantitative estimate of drug-likeness (QED) is 0.359. The summed E-state index contributed by atoms with van der Waals surface area (Å²) in [5.74, 6) is -0.948. The summed E-state index contributed by atoms with van der Waals surface area (Å²) in [7, 11) is 2.76. The second-order valence-corrected chi connectivity index (χ2v) is 8.95. The fraction of sp³-hybridized carbons (Fsp3) is 0.172. The zero-order chi connectivity index (χ0) is 27.7. The lowest BCUT2D eigenvalue weighted by Crippen LogP contribution is -2.37.